The molecule has 0 atom stereocenters. The van der Waals surface area contributed by atoms with Gasteiger partial charge in [0, 0.05) is 22.9 Å². The Kier molecular flexibility index (Phi) is 5.86. The molecule has 0 saturated heterocycles. The minimum absolute atomic E-state index is 0.0401. The molecule has 1 heterocycles. The van der Waals surface area contributed by atoms with Gasteiger partial charge in [-0.1, -0.05) is 12.1 Å². The van der Waals surface area contributed by atoms with Gasteiger partial charge in [0.2, 0.25) is 15.9 Å². The van der Waals surface area contributed by atoms with Gasteiger partial charge in [-0.15, -0.1) is 0 Å². The molecule has 152 valence electrons. The van der Waals surface area contributed by atoms with Crippen molar-refractivity contribution in [3.8, 4) is 11.5 Å². The van der Waals surface area contributed by atoms with E-state index in [1.807, 2.05) is 19.9 Å². The second kappa shape index (κ2) is 8.18. The van der Waals surface area contributed by atoms with Gasteiger partial charge in [-0.25, -0.2) is 18.1 Å². The van der Waals surface area contributed by atoms with Gasteiger partial charge < -0.3 is 9.73 Å². The maximum atomic E-state index is 12.7. The van der Waals surface area contributed by atoms with E-state index in [0.29, 0.717) is 11.6 Å². The number of carbonyl (C=O) groups is 1. The second-order valence-corrected chi connectivity index (χ2v) is 8.71. The molecule has 0 aliphatic carbocycles. The standard InChI is InChI=1S/C21H23N3O4S/c1-13(2)24-29(26,27)19-10-6-7-16(12-19)20(25)23-18-9-5-8-17(11-18)21-22-14(3)15(4)28-21/h5-13,24H,1-4H3,(H,23,25). The molecule has 0 fully saturated rings. The first-order valence-corrected chi connectivity index (χ1v) is 10.6. The quantitative estimate of drug-likeness (QED) is 0.638. The van der Waals surface area contributed by atoms with Crippen molar-refractivity contribution in [3.05, 3.63) is 65.5 Å². The van der Waals surface area contributed by atoms with Crippen LogP contribution in [0.2, 0.25) is 0 Å². The Morgan fingerprint density at radius 2 is 1.79 bits per heavy atom. The van der Waals surface area contributed by atoms with E-state index in [0.717, 1.165) is 17.0 Å². The molecule has 1 aromatic heterocycles. The number of hydrogen-bond donors (Lipinski definition) is 2. The topological polar surface area (TPSA) is 101 Å². The van der Waals surface area contributed by atoms with Crippen LogP contribution < -0.4 is 10.0 Å². The average molecular weight is 413 g/mol. The molecule has 2 N–H and O–H groups in total. The Hall–Kier alpha value is -2.97. The molecule has 0 radical (unpaired) electrons. The van der Waals surface area contributed by atoms with E-state index in [1.165, 1.54) is 12.1 Å². The molecule has 3 rings (SSSR count). The van der Waals surface area contributed by atoms with Crippen molar-refractivity contribution < 1.29 is 17.6 Å². The first-order chi connectivity index (χ1) is 13.7. The highest BCUT2D eigenvalue weighted by Crippen LogP contribution is 2.24. The van der Waals surface area contributed by atoms with Crippen LogP contribution in [-0.4, -0.2) is 25.4 Å². The van der Waals surface area contributed by atoms with Gasteiger partial charge in [-0.3, -0.25) is 4.79 Å². The monoisotopic (exact) mass is 413 g/mol. The first kappa shape index (κ1) is 20.8. The molecule has 29 heavy (non-hydrogen) atoms. The van der Waals surface area contributed by atoms with E-state index in [4.69, 9.17) is 4.42 Å². The van der Waals surface area contributed by atoms with Crippen LogP contribution in [0.5, 0.6) is 0 Å². The lowest BCUT2D eigenvalue weighted by Gasteiger charge is -2.11. The number of hydrogen-bond acceptors (Lipinski definition) is 5. The highest BCUT2D eigenvalue weighted by molar-refractivity contribution is 7.89. The zero-order valence-electron chi connectivity index (χ0n) is 16.7. The summed E-state index contributed by atoms with van der Waals surface area (Å²) < 4.78 is 32.8. The lowest BCUT2D eigenvalue weighted by molar-refractivity contribution is 0.102. The van der Waals surface area contributed by atoms with Crippen molar-refractivity contribution in [3.63, 3.8) is 0 Å². The van der Waals surface area contributed by atoms with E-state index in [1.54, 1.807) is 44.2 Å². The zero-order chi connectivity index (χ0) is 21.2. The van der Waals surface area contributed by atoms with Crippen molar-refractivity contribution in [1.29, 1.82) is 0 Å². The van der Waals surface area contributed by atoms with Crippen LogP contribution in [0.25, 0.3) is 11.5 Å². The highest BCUT2D eigenvalue weighted by Gasteiger charge is 2.17. The lowest BCUT2D eigenvalue weighted by Crippen LogP contribution is -2.30. The number of benzene rings is 2. The average Bonchev–Trinajstić information content (AvgIpc) is 3.00. The maximum Gasteiger partial charge on any atom is 0.255 e. The Morgan fingerprint density at radius 1 is 1.07 bits per heavy atom. The van der Waals surface area contributed by atoms with E-state index in [9.17, 15) is 13.2 Å². The molecule has 2 aromatic carbocycles. The summed E-state index contributed by atoms with van der Waals surface area (Å²) in [5.41, 5.74) is 2.33. The molecule has 0 aliphatic rings. The molecule has 0 bridgehead atoms. The summed E-state index contributed by atoms with van der Waals surface area (Å²) in [7, 11) is -3.68. The normalized spacial score (nSPS) is 11.6. The zero-order valence-corrected chi connectivity index (χ0v) is 17.5. The number of sulfonamides is 1. The minimum atomic E-state index is -3.68. The van der Waals surface area contributed by atoms with Crippen molar-refractivity contribution in [2.45, 2.75) is 38.6 Å². The highest BCUT2D eigenvalue weighted by atomic mass is 32.2. The summed E-state index contributed by atoms with van der Waals surface area (Å²) in [6, 6.07) is 12.8. The van der Waals surface area contributed by atoms with Crippen LogP contribution in [0.1, 0.15) is 35.7 Å². The molecule has 3 aromatic rings. The molecule has 8 heteroatoms. The largest absolute Gasteiger partial charge is 0.441 e. The molecule has 0 spiro atoms. The molecule has 7 nitrogen and oxygen atoms in total. The van der Waals surface area contributed by atoms with Gasteiger partial charge in [0.25, 0.3) is 5.91 Å². The first-order valence-electron chi connectivity index (χ1n) is 9.14. The van der Waals surface area contributed by atoms with Gasteiger partial charge in [-0.05, 0) is 64.1 Å². The number of rotatable bonds is 6. The fourth-order valence-electron chi connectivity index (χ4n) is 2.71. The summed E-state index contributed by atoms with van der Waals surface area (Å²) in [5.74, 6) is 0.801. The van der Waals surface area contributed by atoms with Crippen LogP contribution in [0.3, 0.4) is 0 Å². The molecule has 0 saturated carbocycles. The van der Waals surface area contributed by atoms with Crippen molar-refractivity contribution >= 4 is 21.6 Å². The van der Waals surface area contributed by atoms with Gasteiger partial charge in [0.05, 0.1) is 10.6 Å². The Bertz CT molecular complexity index is 1130. The van der Waals surface area contributed by atoms with E-state index < -0.39 is 15.9 Å². The van der Waals surface area contributed by atoms with Gasteiger partial charge in [0.15, 0.2) is 0 Å². The Labute approximate surface area is 170 Å². The maximum absolute atomic E-state index is 12.7. The number of carbonyl (C=O) groups excluding carboxylic acids is 1. The molecule has 0 aliphatic heterocycles. The molecular weight excluding hydrogens is 390 g/mol. The Balaban J connectivity index is 1.82. The smallest absolute Gasteiger partial charge is 0.255 e. The predicted molar refractivity (Wildman–Crippen MR) is 111 cm³/mol. The number of aromatic nitrogens is 1. The molecular formula is C21H23N3O4S. The van der Waals surface area contributed by atoms with Crippen LogP contribution in [0.4, 0.5) is 5.69 Å². The number of oxazole rings is 1. The summed E-state index contributed by atoms with van der Waals surface area (Å²) in [5, 5.41) is 2.79. The van der Waals surface area contributed by atoms with Crippen LogP contribution >= 0.6 is 0 Å². The second-order valence-electron chi connectivity index (χ2n) is 7.00. The van der Waals surface area contributed by atoms with E-state index in [-0.39, 0.29) is 16.5 Å². The third-order valence-corrected chi connectivity index (χ3v) is 5.85. The molecule has 0 unspecified atom stereocenters. The predicted octanol–water partition coefficient (Wildman–Crippen LogP) is 3.90. The fraction of sp³-hybridized carbons (Fsp3) is 0.238. The van der Waals surface area contributed by atoms with Crippen molar-refractivity contribution in [1.82, 2.24) is 9.71 Å². The van der Waals surface area contributed by atoms with Crippen LogP contribution in [-0.2, 0) is 10.0 Å². The SMILES string of the molecule is Cc1nc(-c2cccc(NC(=O)c3cccc(S(=O)(=O)NC(C)C)c3)c2)oc1C. The van der Waals surface area contributed by atoms with Crippen LogP contribution in [0.15, 0.2) is 57.8 Å². The Morgan fingerprint density at radius 3 is 2.45 bits per heavy atom. The fourth-order valence-corrected chi connectivity index (χ4v) is 4.01. The number of anilines is 1. The van der Waals surface area contributed by atoms with Crippen molar-refractivity contribution in [2.75, 3.05) is 5.32 Å². The number of aryl methyl sites for hydroxylation is 2. The number of amides is 1. The summed E-state index contributed by atoms with van der Waals surface area (Å²) in [4.78, 5) is 17.1. The van der Waals surface area contributed by atoms with Gasteiger partial charge in [0.1, 0.15) is 5.76 Å². The number of nitrogens with zero attached hydrogens (tertiary/aromatic N) is 1. The van der Waals surface area contributed by atoms with Gasteiger partial charge >= 0.3 is 0 Å². The third-order valence-electron chi connectivity index (χ3n) is 4.19. The molecule has 1 amide bonds. The summed E-state index contributed by atoms with van der Waals surface area (Å²) >= 11 is 0. The van der Waals surface area contributed by atoms with E-state index in [2.05, 4.69) is 15.0 Å². The summed E-state index contributed by atoms with van der Waals surface area (Å²) in [6.45, 7) is 7.17. The van der Waals surface area contributed by atoms with E-state index >= 15 is 0 Å². The summed E-state index contributed by atoms with van der Waals surface area (Å²) in [6.07, 6.45) is 0. The van der Waals surface area contributed by atoms with Gasteiger partial charge in [-0.2, -0.15) is 0 Å². The van der Waals surface area contributed by atoms with Crippen LogP contribution in [0, 0.1) is 13.8 Å². The van der Waals surface area contributed by atoms with Crippen molar-refractivity contribution in [2.24, 2.45) is 0 Å². The third kappa shape index (κ3) is 4.90. The minimum Gasteiger partial charge on any atom is -0.441 e. The number of nitrogens with one attached hydrogen (secondary N) is 2. The lowest BCUT2D eigenvalue weighted by atomic mass is 10.1.